The van der Waals surface area contributed by atoms with Gasteiger partial charge >= 0.3 is 0 Å². The van der Waals surface area contributed by atoms with Crippen LogP contribution in [0.5, 0.6) is 0 Å². The summed E-state index contributed by atoms with van der Waals surface area (Å²) in [4.78, 5) is 12.2. The molecule has 2 nitrogen and oxygen atoms in total. The predicted octanol–water partition coefficient (Wildman–Crippen LogP) is 2.65. The maximum absolute atomic E-state index is 12.2. The van der Waals surface area contributed by atoms with Crippen LogP contribution in [0.4, 0.5) is 0 Å². The standard InChI is InChI=1S/C12H14ClNO/c1-12(14,8-6-7-8)11(15)9-4-2-3-5-10(9)13/h2-5,8H,6-7,14H2,1H3. The number of nitrogens with two attached hydrogens (primary N) is 1. The molecule has 1 atom stereocenters. The van der Waals surface area contributed by atoms with E-state index in [0.717, 1.165) is 12.8 Å². The van der Waals surface area contributed by atoms with Gasteiger partial charge < -0.3 is 5.73 Å². The Balaban J connectivity index is 2.31. The summed E-state index contributed by atoms with van der Waals surface area (Å²) in [7, 11) is 0. The second kappa shape index (κ2) is 3.62. The maximum atomic E-state index is 12.2. The smallest absolute Gasteiger partial charge is 0.184 e. The van der Waals surface area contributed by atoms with Crippen molar-refractivity contribution in [3.63, 3.8) is 0 Å². The van der Waals surface area contributed by atoms with Crippen molar-refractivity contribution in [2.45, 2.75) is 25.3 Å². The minimum Gasteiger partial charge on any atom is -0.319 e. The second-order valence-corrected chi connectivity index (χ2v) is 4.77. The highest BCUT2D eigenvalue weighted by Crippen LogP contribution is 2.40. The van der Waals surface area contributed by atoms with Gasteiger partial charge in [-0.1, -0.05) is 23.7 Å². The van der Waals surface area contributed by atoms with Crippen LogP contribution in [0.15, 0.2) is 24.3 Å². The monoisotopic (exact) mass is 223 g/mol. The summed E-state index contributed by atoms with van der Waals surface area (Å²) in [6.07, 6.45) is 2.09. The lowest BCUT2D eigenvalue weighted by Gasteiger charge is -2.23. The fourth-order valence-electron chi connectivity index (χ4n) is 1.80. The molecule has 0 aliphatic heterocycles. The van der Waals surface area contributed by atoms with E-state index in [4.69, 9.17) is 17.3 Å². The summed E-state index contributed by atoms with van der Waals surface area (Å²) in [6.45, 7) is 1.80. The van der Waals surface area contributed by atoms with Crippen LogP contribution in [0.3, 0.4) is 0 Å². The van der Waals surface area contributed by atoms with Gasteiger partial charge in [-0.15, -0.1) is 0 Å². The summed E-state index contributed by atoms with van der Waals surface area (Å²) >= 11 is 5.97. The molecule has 1 aliphatic rings. The lowest BCUT2D eigenvalue weighted by atomic mass is 9.87. The first kappa shape index (κ1) is 10.7. The zero-order chi connectivity index (χ0) is 11.1. The highest BCUT2D eigenvalue weighted by Gasteiger charge is 2.44. The fraction of sp³-hybridized carbons (Fsp3) is 0.417. The number of halogens is 1. The Morgan fingerprint density at radius 1 is 1.47 bits per heavy atom. The minimum atomic E-state index is -0.759. The van der Waals surface area contributed by atoms with Crippen molar-refractivity contribution in [2.24, 2.45) is 11.7 Å². The highest BCUT2D eigenvalue weighted by atomic mass is 35.5. The SMILES string of the molecule is CC(N)(C(=O)c1ccccc1Cl)C1CC1. The molecule has 2 N–H and O–H groups in total. The largest absolute Gasteiger partial charge is 0.319 e. The Kier molecular flexibility index (Phi) is 2.57. The molecule has 1 saturated carbocycles. The zero-order valence-corrected chi connectivity index (χ0v) is 9.42. The predicted molar refractivity (Wildman–Crippen MR) is 61.1 cm³/mol. The van der Waals surface area contributed by atoms with Crippen molar-refractivity contribution in [3.8, 4) is 0 Å². The van der Waals surface area contributed by atoms with Crippen LogP contribution < -0.4 is 5.73 Å². The summed E-state index contributed by atoms with van der Waals surface area (Å²) in [6, 6.07) is 7.07. The Morgan fingerprint density at radius 2 is 2.07 bits per heavy atom. The van der Waals surface area contributed by atoms with Gasteiger partial charge in [-0.3, -0.25) is 4.79 Å². The first-order chi connectivity index (χ1) is 7.03. The molecule has 0 amide bonds. The number of carbonyl (C=O) groups is 1. The molecule has 1 aromatic rings. The average Bonchev–Trinajstić information content (AvgIpc) is 3.00. The van der Waals surface area contributed by atoms with E-state index in [1.807, 2.05) is 12.1 Å². The van der Waals surface area contributed by atoms with Gasteiger partial charge in [0, 0.05) is 5.56 Å². The zero-order valence-electron chi connectivity index (χ0n) is 8.66. The Labute approximate surface area is 94.4 Å². The fourth-order valence-corrected chi connectivity index (χ4v) is 2.03. The summed E-state index contributed by atoms with van der Waals surface area (Å²) in [5, 5.41) is 0.486. The van der Waals surface area contributed by atoms with Crippen molar-refractivity contribution >= 4 is 17.4 Å². The molecule has 15 heavy (non-hydrogen) atoms. The van der Waals surface area contributed by atoms with Gasteiger partial charge in [-0.25, -0.2) is 0 Å². The molecule has 80 valence electrons. The molecular formula is C12H14ClNO. The van der Waals surface area contributed by atoms with Crippen molar-refractivity contribution in [2.75, 3.05) is 0 Å². The third-order valence-corrected chi connectivity index (χ3v) is 3.36. The number of hydrogen-bond donors (Lipinski definition) is 1. The van der Waals surface area contributed by atoms with Gasteiger partial charge in [0.2, 0.25) is 0 Å². The summed E-state index contributed by atoms with van der Waals surface area (Å²) in [5.41, 5.74) is 5.84. The molecule has 0 heterocycles. The van der Waals surface area contributed by atoms with Crippen molar-refractivity contribution in [1.82, 2.24) is 0 Å². The van der Waals surface area contributed by atoms with Crippen LogP contribution in [0.2, 0.25) is 5.02 Å². The van der Waals surface area contributed by atoms with Gasteiger partial charge in [0.1, 0.15) is 0 Å². The lowest BCUT2D eigenvalue weighted by molar-refractivity contribution is 0.0883. The lowest BCUT2D eigenvalue weighted by Crippen LogP contribution is -2.47. The van der Waals surface area contributed by atoms with E-state index >= 15 is 0 Å². The van der Waals surface area contributed by atoms with Crippen molar-refractivity contribution in [3.05, 3.63) is 34.9 Å². The van der Waals surface area contributed by atoms with Crippen LogP contribution in [-0.2, 0) is 0 Å². The molecule has 1 aliphatic carbocycles. The molecule has 2 rings (SSSR count). The summed E-state index contributed by atoms with van der Waals surface area (Å²) in [5.74, 6) is 0.275. The molecule has 0 bridgehead atoms. The topological polar surface area (TPSA) is 43.1 Å². The van der Waals surface area contributed by atoms with E-state index in [2.05, 4.69) is 0 Å². The third kappa shape index (κ3) is 1.92. The normalized spacial score (nSPS) is 19.7. The Bertz CT molecular complexity index is 396. The Hall–Kier alpha value is -0.860. The number of carbonyl (C=O) groups excluding carboxylic acids is 1. The van der Waals surface area contributed by atoms with E-state index in [0.29, 0.717) is 16.5 Å². The molecular weight excluding hydrogens is 210 g/mol. The van der Waals surface area contributed by atoms with E-state index in [9.17, 15) is 4.79 Å². The van der Waals surface area contributed by atoms with Gasteiger partial charge in [0.25, 0.3) is 0 Å². The first-order valence-electron chi connectivity index (χ1n) is 5.11. The van der Waals surface area contributed by atoms with Crippen LogP contribution in [0, 0.1) is 5.92 Å². The molecule has 3 heteroatoms. The van der Waals surface area contributed by atoms with E-state index in [1.165, 1.54) is 0 Å². The van der Waals surface area contributed by atoms with Gasteiger partial charge in [-0.2, -0.15) is 0 Å². The molecule has 0 aromatic heterocycles. The van der Waals surface area contributed by atoms with Crippen molar-refractivity contribution < 1.29 is 4.79 Å². The van der Waals surface area contributed by atoms with Crippen LogP contribution in [0.25, 0.3) is 0 Å². The second-order valence-electron chi connectivity index (χ2n) is 4.37. The number of Topliss-reactive ketones (excluding diaryl/α,β-unsaturated/α-hetero) is 1. The summed E-state index contributed by atoms with van der Waals surface area (Å²) < 4.78 is 0. The highest BCUT2D eigenvalue weighted by molar-refractivity contribution is 6.34. The number of benzene rings is 1. The third-order valence-electron chi connectivity index (χ3n) is 3.03. The molecule has 0 saturated heterocycles. The molecule has 0 radical (unpaired) electrons. The average molecular weight is 224 g/mol. The number of rotatable bonds is 3. The van der Waals surface area contributed by atoms with Crippen LogP contribution >= 0.6 is 11.6 Å². The minimum absolute atomic E-state index is 0.0457. The molecule has 1 aromatic carbocycles. The number of hydrogen-bond acceptors (Lipinski definition) is 2. The molecule has 1 fully saturated rings. The van der Waals surface area contributed by atoms with Gasteiger partial charge in [0.15, 0.2) is 5.78 Å². The van der Waals surface area contributed by atoms with Gasteiger partial charge in [-0.05, 0) is 37.8 Å². The molecule has 1 unspecified atom stereocenters. The Morgan fingerprint density at radius 3 is 2.60 bits per heavy atom. The van der Waals surface area contributed by atoms with E-state index in [1.54, 1.807) is 19.1 Å². The molecule has 0 spiro atoms. The van der Waals surface area contributed by atoms with Crippen LogP contribution in [0.1, 0.15) is 30.1 Å². The maximum Gasteiger partial charge on any atom is 0.184 e. The van der Waals surface area contributed by atoms with E-state index < -0.39 is 5.54 Å². The van der Waals surface area contributed by atoms with Gasteiger partial charge in [0.05, 0.1) is 10.6 Å². The van der Waals surface area contributed by atoms with Crippen LogP contribution in [-0.4, -0.2) is 11.3 Å². The quantitative estimate of drug-likeness (QED) is 0.801. The van der Waals surface area contributed by atoms with Crippen molar-refractivity contribution in [1.29, 1.82) is 0 Å². The van der Waals surface area contributed by atoms with E-state index in [-0.39, 0.29) is 5.78 Å². The number of ketones is 1. The first-order valence-corrected chi connectivity index (χ1v) is 5.49.